The molecule has 1 aliphatic rings. The summed E-state index contributed by atoms with van der Waals surface area (Å²) in [6.45, 7) is 6.11. The maximum absolute atomic E-state index is 13.1. The smallest absolute Gasteiger partial charge is 0.303 e. The van der Waals surface area contributed by atoms with Crippen LogP contribution in [0.15, 0.2) is 60.7 Å². The van der Waals surface area contributed by atoms with Crippen LogP contribution < -0.4 is 4.90 Å². The van der Waals surface area contributed by atoms with Crippen molar-refractivity contribution < 1.29 is 14.7 Å². The van der Waals surface area contributed by atoms with Crippen LogP contribution in [-0.4, -0.2) is 55.6 Å². The maximum atomic E-state index is 13.1. The zero-order valence-electron chi connectivity index (χ0n) is 19.7. The van der Waals surface area contributed by atoms with Gasteiger partial charge in [0.05, 0.1) is 0 Å². The fourth-order valence-corrected chi connectivity index (χ4v) is 4.21. The summed E-state index contributed by atoms with van der Waals surface area (Å²) < 4.78 is 0. The van der Waals surface area contributed by atoms with Crippen LogP contribution in [0.1, 0.15) is 50.9 Å². The number of piperidine rings is 1. The van der Waals surface area contributed by atoms with E-state index in [0.29, 0.717) is 12.2 Å². The Morgan fingerprint density at radius 3 is 2.09 bits per heavy atom. The largest absolute Gasteiger partial charge is 0.481 e. The Kier molecular flexibility index (Phi) is 8.86. The van der Waals surface area contributed by atoms with Crippen molar-refractivity contribution in [1.29, 1.82) is 0 Å². The number of carbonyl (C=O) groups excluding carboxylic acids is 1. The van der Waals surface area contributed by atoms with E-state index in [9.17, 15) is 9.59 Å². The third-order valence-corrected chi connectivity index (χ3v) is 6.02. The molecule has 1 saturated heterocycles. The average molecular weight is 465 g/mol. The van der Waals surface area contributed by atoms with Gasteiger partial charge in [0, 0.05) is 38.2 Å². The molecule has 1 fully saturated rings. The van der Waals surface area contributed by atoms with Gasteiger partial charge in [-0.15, -0.1) is 5.10 Å². The molecule has 9 nitrogen and oxygen atoms in total. The second-order valence-electron chi connectivity index (χ2n) is 8.21. The number of nitrogens with one attached hydrogen (secondary N) is 1. The second kappa shape index (κ2) is 12.0. The van der Waals surface area contributed by atoms with Crippen molar-refractivity contribution in [1.82, 2.24) is 25.5 Å². The number of nitrogens with zero attached hydrogens (tertiary/aromatic N) is 5. The van der Waals surface area contributed by atoms with E-state index in [1.807, 2.05) is 48.2 Å². The van der Waals surface area contributed by atoms with E-state index in [2.05, 4.69) is 49.8 Å². The van der Waals surface area contributed by atoms with Crippen molar-refractivity contribution in [2.45, 2.75) is 51.6 Å². The van der Waals surface area contributed by atoms with E-state index >= 15 is 0 Å². The van der Waals surface area contributed by atoms with Crippen LogP contribution in [0.2, 0.25) is 0 Å². The number of benzene rings is 2. The summed E-state index contributed by atoms with van der Waals surface area (Å²) in [5, 5.41) is 22.6. The van der Waals surface area contributed by atoms with Crippen LogP contribution >= 0.6 is 0 Å². The Balaban J connectivity index is 0.000000588. The number of carboxylic acid groups (broad SMARTS) is 1. The highest BCUT2D eigenvalue weighted by Crippen LogP contribution is 2.40. The number of hydrogen-bond acceptors (Lipinski definition) is 6. The summed E-state index contributed by atoms with van der Waals surface area (Å²) >= 11 is 0. The van der Waals surface area contributed by atoms with E-state index < -0.39 is 11.5 Å². The quantitative estimate of drug-likeness (QED) is 0.549. The van der Waals surface area contributed by atoms with Crippen LogP contribution in [0.25, 0.3) is 0 Å². The number of amides is 1. The molecular formula is C25H32N6O3. The zero-order valence-corrected chi connectivity index (χ0v) is 19.7. The lowest BCUT2D eigenvalue weighted by atomic mass is 9.83. The van der Waals surface area contributed by atoms with Gasteiger partial charge in [0.2, 0.25) is 5.91 Å². The molecule has 2 N–H and O–H groups in total. The van der Waals surface area contributed by atoms with Crippen LogP contribution in [0.5, 0.6) is 0 Å². The molecule has 2 aromatic carbocycles. The van der Waals surface area contributed by atoms with Crippen LogP contribution in [-0.2, 0) is 21.7 Å². The topological polar surface area (TPSA) is 115 Å². The van der Waals surface area contributed by atoms with Crippen LogP contribution in [0, 0.1) is 0 Å². The van der Waals surface area contributed by atoms with Gasteiger partial charge in [-0.2, -0.15) is 0 Å². The van der Waals surface area contributed by atoms with Gasteiger partial charge in [-0.1, -0.05) is 62.4 Å². The Hall–Kier alpha value is -3.59. The Labute approximate surface area is 199 Å². The van der Waals surface area contributed by atoms with Gasteiger partial charge in [0.25, 0.3) is 0 Å². The normalized spacial score (nSPS) is 15.1. The number of aromatic amines is 1. The van der Waals surface area contributed by atoms with Crippen molar-refractivity contribution in [2.75, 3.05) is 18.0 Å². The van der Waals surface area contributed by atoms with Gasteiger partial charge in [0.1, 0.15) is 5.54 Å². The number of carboxylic acids is 1. The first-order valence-corrected chi connectivity index (χ1v) is 11.6. The Morgan fingerprint density at radius 2 is 1.59 bits per heavy atom. The molecular weight excluding hydrogens is 432 g/mol. The van der Waals surface area contributed by atoms with E-state index in [1.165, 1.54) is 5.56 Å². The van der Waals surface area contributed by atoms with Gasteiger partial charge >= 0.3 is 5.97 Å². The number of para-hydroxylation sites is 1. The minimum absolute atomic E-state index is 0.0732. The lowest BCUT2D eigenvalue weighted by molar-refractivity contribution is -0.136. The third-order valence-electron chi connectivity index (χ3n) is 6.02. The molecule has 1 aromatic heterocycles. The number of likely N-dealkylation sites (tertiary alicyclic amines) is 1. The molecule has 0 unspecified atom stereocenters. The Bertz CT molecular complexity index is 1020. The Morgan fingerprint density at radius 1 is 1.00 bits per heavy atom. The third kappa shape index (κ3) is 6.05. The number of aromatic nitrogens is 4. The average Bonchev–Trinajstić information content (AvgIpc) is 3.43. The lowest BCUT2D eigenvalue weighted by Gasteiger charge is -2.47. The summed E-state index contributed by atoms with van der Waals surface area (Å²) in [5.41, 5.74) is 1.60. The number of anilines is 1. The molecule has 0 saturated carbocycles. The zero-order chi connectivity index (χ0) is 24.4. The molecule has 9 heteroatoms. The van der Waals surface area contributed by atoms with Crippen molar-refractivity contribution in [3.8, 4) is 0 Å². The summed E-state index contributed by atoms with van der Waals surface area (Å²) in [6.07, 6.45) is 2.17. The first kappa shape index (κ1) is 25.0. The fraction of sp³-hybridized carbons (Fsp3) is 0.400. The van der Waals surface area contributed by atoms with E-state index in [0.717, 1.165) is 38.2 Å². The van der Waals surface area contributed by atoms with Gasteiger partial charge in [0.15, 0.2) is 5.82 Å². The van der Waals surface area contributed by atoms with Gasteiger partial charge in [-0.3, -0.25) is 19.4 Å². The van der Waals surface area contributed by atoms with Crippen molar-refractivity contribution in [3.63, 3.8) is 0 Å². The predicted molar refractivity (Wildman–Crippen MR) is 129 cm³/mol. The molecule has 1 amide bonds. The highest BCUT2D eigenvalue weighted by Gasteiger charge is 2.46. The minimum atomic E-state index is -0.745. The first-order valence-electron chi connectivity index (χ1n) is 11.6. The molecule has 0 aliphatic carbocycles. The molecule has 0 bridgehead atoms. The second-order valence-corrected chi connectivity index (χ2v) is 8.21. The predicted octanol–water partition coefficient (Wildman–Crippen LogP) is 3.62. The fourth-order valence-electron chi connectivity index (χ4n) is 4.21. The molecule has 0 spiro atoms. The van der Waals surface area contributed by atoms with Crippen LogP contribution in [0.4, 0.5) is 5.69 Å². The molecule has 0 atom stereocenters. The summed E-state index contributed by atoms with van der Waals surface area (Å²) in [6, 6.07) is 20.3. The monoisotopic (exact) mass is 464 g/mol. The van der Waals surface area contributed by atoms with Crippen molar-refractivity contribution in [3.05, 3.63) is 72.1 Å². The molecule has 1 aliphatic heterocycles. The first-order chi connectivity index (χ1) is 16.5. The highest BCUT2D eigenvalue weighted by atomic mass is 16.4. The van der Waals surface area contributed by atoms with Gasteiger partial charge < -0.3 is 5.11 Å². The maximum Gasteiger partial charge on any atom is 0.303 e. The summed E-state index contributed by atoms with van der Waals surface area (Å²) in [4.78, 5) is 26.8. The van der Waals surface area contributed by atoms with Gasteiger partial charge in [-0.25, -0.2) is 5.10 Å². The number of tetrazole rings is 1. The molecule has 34 heavy (non-hydrogen) atoms. The SMILES string of the molecule is CCC(=O)N(c1ccccc1)C1(c2nnn[nH]2)CCN(Cc2ccccc2)CC1.CCC(=O)O. The van der Waals surface area contributed by atoms with Crippen molar-refractivity contribution in [2.24, 2.45) is 0 Å². The van der Waals surface area contributed by atoms with Crippen molar-refractivity contribution >= 4 is 17.6 Å². The minimum Gasteiger partial charge on any atom is -0.481 e. The summed E-state index contributed by atoms with van der Waals surface area (Å²) in [7, 11) is 0. The van der Waals surface area contributed by atoms with E-state index in [-0.39, 0.29) is 12.3 Å². The number of hydrogen-bond donors (Lipinski definition) is 2. The molecule has 180 valence electrons. The molecule has 0 radical (unpaired) electrons. The summed E-state index contributed by atoms with van der Waals surface area (Å²) in [5.74, 6) is -0.0170. The van der Waals surface area contributed by atoms with E-state index in [4.69, 9.17) is 5.11 Å². The number of carbonyl (C=O) groups is 2. The molecule has 3 aromatic rings. The standard InChI is InChI=1S/C22H26N6O.C3H6O2/c1-2-20(29)28(19-11-7-4-8-12-19)22(21-23-25-26-24-21)13-15-27(16-14-22)17-18-9-5-3-6-10-18;1-2-3(4)5/h3-12H,2,13-17H2,1H3,(H,23,24,25,26);2H2,1H3,(H,4,5). The van der Waals surface area contributed by atoms with E-state index in [1.54, 1.807) is 6.92 Å². The van der Waals surface area contributed by atoms with Crippen LogP contribution in [0.3, 0.4) is 0 Å². The molecule has 4 rings (SSSR count). The number of rotatable bonds is 7. The lowest BCUT2D eigenvalue weighted by Crippen LogP contribution is -2.56. The number of aliphatic carboxylic acids is 1. The van der Waals surface area contributed by atoms with Gasteiger partial charge in [-0.05, 0) is 41.0 Å². The number of H-pyrrole nitrogens is 1. The molecule has 2 heterocycles. The highest BCUT2D eigenvalue weighted by molar-refractivity contribution is 5.94.